The van der Waals surface area contributed by atoms with Gasteiger partial charge >= 0.3 is 5.97 Å². The van der Waals surface area contributed by atoms with E-state index in [2.05, 4.69) is 15.2 Å². The summed E-state index contributed by atoms with van der Waals surface area (Å²) in [4.78, 5) is 28.1. The highest BCUT2D eigenvalue weighted by molar-refractivity contribution is 5.77. The van der Waals surface area contributed by atoms with Gasteiger partial charge in [-0.05, 0) is 12.1 Å². The van der Waals surface area contributed by atoms with Gasteiger partial charge in [-0.1, -0.05) is 12.1 Å². The molecule has 0 N–H and O–H groups in total. The maximum atomic E-state index is 12.2. The fourth-order valence-corrected chi connectivity index (χ4v) is 1.94. The first kappa shape index (κ1) is 13.9. The minimum Gasteiger partial charge on any atom is -0.454 e. The Morgan fingerprint density at radius 3 is 2.91 bits per heavy atom. The Morgan fingerprint density at radius 1 is 1.32 bits per heavy atom. The fourth-order valence-electron chi connectivity index (χ4n) is 1.94. The maximum Gasteiger partial charge on any atom is 0.326 e. The summed E-state index contributed by atoms with van der Waals surface area (Å²) < 4.78 is 11.3. The SMILES string of the molecule is Cc1nnc(COC(=O)Cn2cnc3ccccc3c2=O)o1. The molecule has 2 aromatic heterocycles. The molecule has 1 aromatic carbocycles. The van der Waals surface area contributed by atoms with E-state index in [1.54, 1.807) is 31.2 Å². The van der Waals surface area contributed by atoms with Crippen LogP contribution in [-0.2, 0) is 22.7 Å². The minimum absolute atomic E-state index is 0.130. The van der Waals surface area contributed by atoms with Crippen molar-refractivity contribution in [3.8, 4) is 0 Å². The van der Waals surface area contributed by atoms with Crippen LogP contribution in [0.4, 0.5) is 0 Å². The van der Waals surface area contributed by atoms with Crippen LogP contribution in [0.3, 0.4) is 0 Å². The van der Waals surface area contributed by atoms with Gasteiger partial charge in [0.2, 0.25) is 5.89 Å². The maximum absolute atomic E-state index is 12.2. The molecule has 112 valence electrons. The monoisotopic (exact) mass is 300 g/mol. The molecule has 0 saturated carbocycles. The molecule has 3 aromatic rings. The Morgan fingerprint density at radius 2 is 2.14 bits per heavy atom. The highest BCUT2D eigenvalue weighted by atomic mass is 16.5. The van der Waals surface area contributed by atoms with Gasteiger partial charge in [0.1, 0.15) is 6.54 Å². The zero-order valence-corrected chi connectivity index (χ0v) is 11.7. The van der Waals surface area contributed by atoms with Crippen LogP contribution in [0.1, 0.15) is 11.8 Å². The molecule has 0 spiro atoms. The molecule has 0 unspecified atom stereocenters. The van der Waals surface area contributed by atoms with Gasteiger partial charge < -0.3 is 9.15 Å². The van der Waals surface area contributed by atoms with E-state index >= 15 is 0 Å². The summed E-state index contributed by atoms with van der Waals surface area (Å²) in [6.07, 6.45) is 1.32. The number of nitrogens with zero attached hydrogens (tertiary/aromatic N) is 4. The Bertz CT molecular complexity index is 884. The van der Waals surface area contributed by atoms with E-state index in [0.29, 0.717) is 16.8 Å². The average Bonchev–Trinajstić information content (AvgIpc) is 2.94. The molecule has 22 heavy (non-hydrogen) atoms. The third-order valence-electron chi connectivity index (χ3n) is 2.96. The quantitative estimate of drug-likeness (QED) is 0.658. The van der Waals surface area contributed by atoms with E-state index in [-0.39, 0.29) is 24.6 Å². The lowest BCUT2D eigenvalue weighted by Gasteiger charge is -2.06. The topological polar surface area (TPSA) is 100 Å². The minimum atomic E-state index is -0.588. The van der Waals surface area contributed by atoms with Crippen LogP contribution in [-0.4, -0.2) is 25.7 Å². The molecule has 8 heteroatoms. The number of fused-ring (bicyclic) bond motifs is 1. The predicted molar refractivity (Wildman–Crippen MR) is 74.8 cm³/mol. The summed E-state index contributed by atoms with van der Waals surface area (Å²) in [6.45, 7) is 1.28. The van der Waals surface area contributed by atoms with Crippen LogP contribution in [0.5, 0.6) is 0 Å². The summed E-state index contributed by atoms with van der Waals surface area (Å²) >= 11 is 0. The van der Waals surface area contributed by atoms with Crippen molar-refractivity contribution in [1.82, 2.24) is 19.7 Å². The van der Waals surface area contributed by atoms with E-state index in [0.717, 1.165) is 0 Å². The number of hydrogen-bond acceptors (Lipinski definition) is 7. The number of carbonyl (C=O) groups excluding carboxylic acids is 1. The number of esters is 1. The zero-order valence-electron chi connectivity index (χ0n) is 11.7. The van der Waals surface area contributed by atoms with Crippen LogP contribution in [0.2, 0.25) is 0 Å². The number of benzene rings is 1. The number of aromatic nitrogens is 4. The lowest BCUT2D eigenvalue weighted by Crippen LogP contribution is -2.25. The van der Waals surface area contributed by atoms with Crippen molar-refractivity contribution in [3.63, 3.8) is 0 Å². The number of carbonyl (C=O) groups is 1. The molecule has 0 aliphatic carbocycles. The van der Waals surface area contributed by atoms with Crippen molar-refractivity contribution < 1.29 is 13.9 Å². The van der Waals surface area contributed by atoms with E-state index in [4.69, 9.17) is 9.15 Å². The normalized spacial score (nSPS) is 10.8. The molecular weight excluding hydrogens is 288 g/mol. The molecule has 3 rings (SSSR count). The van der Waals surface area contributed by atoms with Gasteiger partial charge in [0.25, 0.3) is 11.4 Å². The summed E-state index contributed by atoms with van der Waals surface area (Å²) in [5, 5.41) is 7.78. The molecule has 2 heterocycles. The lowest BCUT2D eigenvalue weighted by atomic mass is 10.2. The van der Waals surface area contributed by atoms with Gasteiger partial charge in [0.05, 0.1) is 17.2 Å². The summed E-state index contributed by atoms with van der Waals surface area (Å²) in [5.74, 6) is 0.00543. The second-order valence-corrected chi connectivity index (χ2v) is 4.57. The third-order valence-corrected chi connectivity index (χ3v) is 2.96. The Kier molecular flexibility index (Phi) is 3.65. The summed E-state index contributed by atoms with van der Waals surface area (Å²) in [5.41, 5.74) is 0.287. The second-order valence-electron chi connectivity index (χ2n) is 4.57. The van der Waals surface area contributed by atoms with Gasteiger partial charge in [-0.25, -0.2) is 4.98 Å². The Balaban J connectivity index is 1.71. The standard InChI is InChI=1S/C14H12N4O4/c1-9-16-17-12(22-9)7-21-13(19)6-18-8-15-11-5-3-2-4-10(11)14(18)20/h2-5,8H,6-7H2,1H3. The molecule has 0 fully saturated rings. The molecule has 0 saturated heterocycles. The van der Waals surface area contributed by atoms with Crippen LogP contribution in [0, 0.1) is 6.92 Å². The second kappa shape index (κ2) is 5.76. The van der Waals surface area contributed by atoms with Crippen molar-refractivity contribution >= 4 is 16.9 Å². The molecule has 0 aliphatic heterocycles. The number of rotatable bonds is 4. The molecule has 8 nitrogen and oxygen atoms in total. The first-order valence-electron chi connectivity index (χ1n) is 6.52. The van der Waals surface area contributed by atoms with E-state index < -0.39 is 5.97 Å². The van der Waals surface area contributed by atoms with Crippen molar-refractivity contribution in [2.75, 3.05) is 0 Å². The Labute approximate surface area is 124 Å². The zero-order chi connectivity index (χ0) is 15.5. The van der Waals surface area contributed by atoms with Crippen LogP contribution in [0.25, 0.3) is 10.9 Å². The highest BCUT2D eigenvalue weighted by Crippen LogP contribution is 2.05. The molecule has 0 amide bonds. The van der Waals surface area contributed by atoms with Crippen molar-refractivity contribution in [3.05, 3.63) is 52.7 Å². The van der Waals surface area contributed by atoms with Crippen LogP contribution >= 0.6 is 0 Å². The van der Waals surface area contributed by atoms with E-state index in [9.17, 15) is 9.59 Å². The van der Waals surface area contributed by atoms with Gasteiger partial charge in [-0.3, -0.25) is 14.2 Å². The fraction of sp³-hybridized carbons (Fsp3) is 0.214. The van der Waals surface area contributed by atoms with Gasteiger partial charge in [0, 0.05) is 6.92 Å². The smallest absolute Gasteiger partial charge is 0.326 e. The average molecular weight is 300 g/mol. The first-order chi connectivity index (χ1) is 10.6. The number of ether oxygens (including phenoxy) is 1. The molecule has 0 radical (unpaired) electrons. The van der Waals surface area contributed by atoms with Gasteiger partial charge in [-0.15, -0.1) is 10.2 Å². The predicted octanol–water partition coefficient (Wildman–Crippen LogP) is 0.831. The molecule has 0 aliphatic rings. The van der Waals surface area contributed by atoms with E-state index in [1.165, 1.54) is 10.9 Å². The van der Waals surface area contributed by atoms with Crippen LogP contribution in [0.15, 0.2) is 39.8 Å². The number of hydrogen-bond donors (Lipinski definition) is 0. The Hall–Kier alpha value is -3.03. The summed E-state index contributed by atoms with van der Waals surface area (Å²) in [7, 11) is 0. The van der Waals surface area contributed by atoms with Crippen molar-refractivity contribution in [1.29, 1.82) is 0 Å². The molecule has 0 atom stereocenters. The van der Waals surface area contributed by atoms with Gasteiger partial charge in [-0.2, -0.15) is 0 Å². The van der Waals surface area contributed by atoms with Gasteiger partial charge in [0.15, 0.2) is 6.61 Å². The largest absolute Gasteiger partial charge is 0.454 e. The van der Waals surface area contributed by atoms with Crippen LogP contribution < -0.4 is 5.56 Å². The van der Waals surface area contributed by atoms with E-state index in [1.807, 2.05) is 0 Å². The summed E-state index contributed by atoms with van der Waals surface area (Å²) in [6, 6.07) is 6.93. The highest BCUT2D eigenvalue weighted by Gasteiger charge is 2.11. The lowest BCUT2D eigenvalue weighted by molar-refractivity contribution is -0.146. The number of para-hydroxylation sites is 1. The third kappa shape index (κ3) is 2.85. The van der Waals surface area contributed by atoms with Crippen molar-refractivity contribution in [2.24, 2.45) is 0 Å². The van der Waals surface area contributed by atoms with Crippen molar-refractivity contribution in [2.45, 2.75) is 20.1 Å². The molecular formula is C14H12N4O4. The molecule has 0 bridgehead atoms. The first-order valence-corrected chi connectivity index (χ1v) is 6.52. The number of aryl methyl sites for hydroxylation is 1.